The zero-order valence-corrected chi connectivity index (χ0v) is 11.9. The van der Waals surface area contributed by atoms with Gasteiger partial charge in [0.05, 0.1) is 12.3 Å². The first-order chi connectivity index (χ1) is 7.94. The van der Waals surface area contributed by atoms with E-state index in [0.29, 0.717) is 19.0 Å². The van der Waals surface area contributed by atoms with Gasteiger partial charge in [0.1, 0.15) is 0 Å². The lowest BCUT2D eigenvalue weighted by molar-refractivity contribution is 0.461. The van der Waals surface area contributed by atoms with Crippen molar-refractivity contribution >= 4 is 10.0 Å². The zero-order chi connectivity index (χ0) is 13.3. The monoisotopic (exact) mass is 260 g/mol. The molecule has 0 aliphatic carbocycles. The van der Waals surface area contributed by atoms with Crippen molar-refractivity contribution in [1.29, 1.82) is 0 Å². The molecule has 1 N–H and O–H groups in total. The molecule has 0 bridgehead atoms. The van der Waals surface area contributed by atoms with Crippen LogP contribution in [0.5, 0.6) is 0 Å². The van der Waals surface area contributed by atoms with Crippen LogP contribution in [0.25, 0.3) is 0 Å². The number of rotatable bonds is 9. The van der Waals surface area contributed by atoms with Crippen LogP contribution in [0.2, 0.25) is 0 Å². The molecule has 0 saturated carbocycles. The third kappa shape index (κ3) is 7.37. The van der Waals surface area contributed by atoms with Crippen LogP contribution in [0.15, 0.2) is 0 Å². The molecular weight excluding hydrogens is 236 g/mol. The normalized spacial score (nSPS) is 12.0. The Morgan fingerprint density at radius 1 is 1.35 bits per heavy atom. The number of terminal acetylenes is 1. The number of unbranched alkanes of at least 4 members (excludes halogenated alkanes) is 1. The third-order valence-electron chi connectivity index (χ3n) is 2.40. The van der Waals surface area contributed by atoms with Crippen molar-refractivity contribution in [3.05, 3.63) is 0 Å². The van der Waals surface area contributed by atoms with Crippen molar-refractivity contribution < 1.29 is 8.42 Å². The largest absolute Gasteiger partial charge is 0.315 e. The first kappa shape index (κ1) is 16.4. The van der Waals surface area contributed by atoms with Crippen LogP contribution in [0, 0.1) is 12.3 Å². The highest BCUT2D eigenvalue weighted by Crippen LogP contribution is 2.04. The molecule has 0 spiro atoms. The van der Waals surface area contributed by atoms with Gasteiger partial charge >= 0.3 is 0 Å². The summed E-state index contributed by atoms with van der Waals surface area (Å²) in [5.74, 6) is 2.56. The summed E-state index contributed by atoms with van der Waals surface area (Å²) in [4.78, 5) is 0. The van der Waals surface area contributed by atoms with E-state index in [1.807, 2.05) is 0 Å². The predicted molar refractivity (Wildman–Crippen MR) is 72.2 cm³/mol. The molecule has 0 aromatic rings. The molecular formula is C12H24N2O2S. The SMILES string of the molecule is C#CCN(CC)S(=O)(=O)CCCCNC(C)C. The molecule has 0 radical (unpaired) electrons. The quantitative estimate of drug-likeness (QED) is 0.498. The van der Waals surface area contributed by atoms with Crippen LogP contribution >= 0.6 is 0 Å². The van der Waals surface area contributed by atoms with E-state index >= 15 is 0 Å². The first-order valence-corrected chi connectivity index (χ1v) is 7.69. The Balaban J connectivity index is 3.97. The van der Waals surface area contributed by atoms with Crippen molar-refractivity contribution in [2.24, 2.45) is 0 Å². The van der Waals surface area contributed by atoms with Gasteiger partial charge in [-0.1, -0.05) is 26.7 Å². The summed E-state index contributed by atoms with van der Waals surface area (Å²) in [7, 11) is -3.17. The van der Waals surface area contributed by atoms with E-state index < -0.39 is 10.0 Å². The standard InChI is InChI=1S/C12H24N2O2S/c1-5-10-14(6-2)17(15,16)11-8-7-9-13-12(3)4/h1,12-13H,6-11H2,2-4H3. The van der Waals surface area contributed by atoms with Crippen molar-refractivity contribution in [3.8, 4) is 12.3 Å². The average molecular weight is 260 g/mol. The molecule has 17 heavy (non-hydrogen) atoms. The van der Waals surface area contributed by atoms with E-state index in [2.05, 4.69) is 25.1 Å². The minimum atomic E-state index is -3.17. The Morgan fingerprint density at radius 3 is 2.47 bits per heavy atom. The summed E-state index contributed by atoms with van der Waals surface area (Å²) in [6, 6.07) is 0.445. The van der Waals surface area contributed by atoms with Crippen LogP contribution in [-0.4, -0.2) is 44.2 Å². The summed E-state index contributed by atoms with van der Waals surface area (Å²) >= 11 is 0. The summed E-state index contributed by atoms with van der Waals surface area (Å²) in [5.41, 5.74) is 0. The van der Waals surface area contributed by atoms with E-state index in [9.17, 15) is 8.42 Å². The molecule has 0 atom stereocenters. The number of hydrogen-bond donors (Lipinski definition) is 1. The highest BCUT2D eigenvalue weighted by molar-refractivity contribution is 7.89. The van der Waals surface area contributed by atoms with E-state index in [1.54, 1.807) is 6.92 Å². The maximum Gasteiger partial charge on any atom is 0.214 e. The lowest BCUT2D eigenvalue weighted by Gasteiger charge is -2.17. The second-order valence-corrected chi connectivity index (χ2v) is 6.35. The van der Waals surface area contributed by atoms with Gasteiger partial charge in [0, 0.05) is 12.6 Å². The van der Waals surface area contributed by atoms with Gasteiger partial charge in [0.2, 0.25) is 10.0 Å². The molecule has 4 nitrogen and oxygen atoms in total. The number of hydrogen-bond acceptors (Lipinski definition) is 3. The lowest BCUT2D eigenvalue weighted by Crippen LogP contribution is -2.33. The molecule has 0 heterocycles. The van der Waals surface area contributed by atoms with Gasteiger partial charge in [-0.15, -0.1) is 6.42 Å². The van der Waals surface area contributed by atoms with Gasteiger partial charge < -0.3 is 5.32 Å². The zero-order valence-electron chi connectivity index (χ0n) is 11.1. The van der Waals surface area contributed by atoms with E-state index in [1.165, 1.54) is 4.31 Å². The fourth-order valence-electron chi connectivity index (χ4n) is 1.44. The van der Waals surface area contributed by atoms with Gasteiger partial charge in [-0.25, -0.2) is 8.42 Å². The van der Waals surface area contributed by atoms with Gasteiger partial charge in [0.15, 0.2) is 0 Å². The van der Waals surface area contributed by atoms with Crippen molar-refractivity contribution in [2.45, 2.75) is 39.7 Å². The highest BCUT2D eigenvalue weighted by Gasteiger charge is 2.18. The maximum absolute atomic E-state index is 11.9. The molecule has 5 heteroatoms. The average Bonchev–Trinajstić information content (AvgIpc) is 2.24. The minimum Gasteiger partial charge on any atom is -0.315 e. The molecule has 0 fully saturated rings. The van der Waals surface area contributed by atoms with Crippen LogP contribution in [0.3, 0.4) is 0 Å². The Bertz CT molecular complexity index is 331. The summed E-state index contributed by atoms with van der Waals surface area (Å²) < 4.78 is 25.1. The Labute approximate surface area is 106 Å². The topological polar surface area (TPSA) is 49.4 Å². The second-order valence-electron chi connectivity index (χ2n) is 4.26. The molecule has 0 unspecified atom stereocenters. The van der Waals surface area contributed by atoms with Crippen molar-refractivity contribution in [3.63, 3.8) is 0 Å². The molecule has 100 valence electrons. The Hall–Kier alpha value is -0.570. The number of nitrogens with one attached hydrogen (secondary N) is 1. The van der Waals surface area contributed by atoms with Gasteiger partial charge in [-0.05, 0) is 19.4 Å². The van der Waals surface area contributed by atoms with E-state index in [4.69, 9.17) is 6.42 Å². The fraction of sp³-hybridized carbons (Fsp3) is 0.833. The molecule has 0 aliphatic heterocycles. The number of nitrogens with zero attached hydrogens (tertiary/aromatic N) is 1. The first-order valence-electron chi connectivity index (χ1n) is 6.08. The van der Waals surface area contributed by atoms with Gasteiger partial charge in [0.25, 0.3) is 0 Å². The fourth-order valence-corrected chi connectivity index (χ4v) is 2.93. The molecule has 0 aromatic heterocycles. The van der Waals surface area contributed by atoms with Crippen LogP contribution < -0.4 is 5.32 Å². The second kappa shape index (κ2) is 8.51. The Morgan fingerprint density at radius 2 is 2.00 bits per heavy atom. The molecule has 0 rings (SSSR count). The van der Waals surface area contributed by atoms with Crippen molar-refractivity contribution in [1.82, 2.24) is 9.62 Å². The summed E-state index contributed by atoms with van der Waals surface area (Å²) in [5, 5.41) is 3.26. The van der Waals surface area contributed by atoms with E-state index in [-0.39, 0.29) is 12.3 Å². The lowest BCUT2D eigenvalue weighted by atomic mass is 10.3. The molecule has 0 amide bonds. The summed E-state index contributed by atoms with van der Waals surface area (Å²) in [6.07, 6.45) is 6.68. The van der Waals surface area contributed by atoms with Crippen LogP contribution in [0.4, 0.5) is 0 Å². The summed E-state index contributed by atoms with van der Waals surface area (Å²) in [6.45, 7) is 7.41. The Kier molecular flexibility index (Phi) is 8.23. The minimum absolute atomic E-state index is 0.170. The smallest absolute Gasteiger partial charge is 0.214 e. The molecule has 0 aromatic carbocycles. The van der Waals surface area contributed by atoms with Crippen LogP contribution in [0.1, 0.15) is 33.6 Å². The van der Waals surface area contributed by atoms with Gasteiger partial charge in [-0.2, -0.15) is 4.31 Å². The van der Waals surface area contributed by atoms with Gasteiger partial charge in [-0.3, -0.25) is 0 Å². The molecule has 0 saturated heterocycles. The van der Waals surface area contributed by atoms with Crippen molar-refractivity contribution in [2.75, 3.05) is 25.4 Å². The maximum atomic E-state index is 11.9. The van der Waals surface area contributed by atoms with E-state index in [0.717, 1.165) is 13.0 Å². The predicted octanol–water partition coefficient (Wildman–Crippen LogP) is 1.05. The highest BCUT2D eigenvalue weighted by atomic mass is 32.2. The molecule has 0 aliphatic rings. The third-order valence-corrected chi connectivity index (χ3v) is 4.37. The van der Waals surface area contributed by atoms with Crippen LogP contribution in [-0.2, 0) is 10.0 Å². The number of sulfonamides is 1.